The van der Waals surface area contributed by atoms with E-state index in [4.69, 9.17) is 11.6 Å². The maximum absolute atomic E-state index is 12.5. The fraction of sp³-hybridized carbons (Fsp3) is 0.0357. The Hall–Kier alpha value is -3.87. The standard InChI is InChI=1S/C28H21ClN4OS/c29-20-9-7-19(8-10-20)16-28(34)31-22-5-3-6-23(17-22)35-24-12-13-25-26(32-33-27(25)18-24)14-11-21-4-1-2-15-30-21/h1-15,17-18H,16H2,(H,31,34)(H,32,33)/b14-11+. The van der Waals surface area contributed by atoms with E-state index in [9.17, 15) is 4.79 Å². The SMILES string of the molecule is O=C(Cc1ccc(Cl)cc1)Nc1cccc(Sc2ccc3c(/C=C/c4ccccn4)n[nH]c3c2)c1. The van der Waals surface area contributed by atoms with Crippen LogP contribution in [0.4, 0.5) is 5.69 Å². The number of carbonyl (C=O) groups excluding carboxylic acids is 1. The van der Waals surface area contributed by atoms with E-state index in [2.05, 4.69) is 38.7 Å². The molecule has 0 radical (unpaired) electrons. The van der Waals surface area contributed by atoms with Gasteiger partial charge in [0.05, 0.1) is 23.3 Å². The Morgan fingerprint density at radius 3 is 2.63 bits per heavy atom. The molecule has 5 rings (SSSR count). The number of amides is 1. The summed E-state index contributed by atoms with van der Waals surface area (Å²) in [5, 5.41) is 12.2. The summed E-state index contributed by atoms with van der Waals surface area (Å²) in [4.78, 5) is 18.9. The van der Waals surface area contributed by atoms with Crippen LogP contribution in [0.15, 0.2) is 101 Å². The van der Waals surface area contributed by atoms with E-state index in [0.29, 0.717) is 11.4 Å². The van der Waals surface area contributed by atoms with Gasteiger partial charge in [0.1, 0.15) is 0 Å². The van der Waals surface area contributed by atoms with E-state index in [1.165, 1.54) is 0 Å². The van der Waals surface area contributed by atoms with Gasteiger partial charge in [0, 0.05) is 32.1 Å². The number of nitrogens with zero attached hydrogens (tertiary/aromatic N) is 2. The number of fused-ring (bicyclic) bond motifs is 1. The van der Waals surface area contributed by atoms with Crippen molar-refractivity contribution >= 4 is 58.0 Å². The first-order chi connectivity index (χ1) is 17.1. The van der Waals surface area contributed by atoms with Crippen molar-refractivity contribution in [2.75, 3.05) is 5.32 Å². The molecule has 0 unspecified atom stereocenters. The van der Waals surface area contributed by atoms with Crippen molar-refractivity contribution in [1.29, 1.82) is 0 Å². The van der Waals surface area contributed by atoms with E-state index in [1.807, 2.05) is 66.7 Å². The maximum Gasteiger partial charge on any atom is 0.228 e. The summed E-state index contributed by atoms with van der Waals surface area (Å²) >= 11 is 7.55. The second-order valence-electron chi connectivity index (χ2n) is 7.89. The molecule has 0 spiro atoms. The lowest BCUT2D eigenvalue weighted by atomic mass is 10.1. The molecule has 0 saturated heterocycles. The normalized spacial score (nSPS) is 11.2. The Kier molecular flexibility index (Phi) is 6.93. The molecule has 0 aliphatic carbocycles. The first-order valence-electron chi connectivity index (χ1n) is 11.0. The average molecular weight is 497 g/mol. The number of aromatic nitrogens is 3. The number of rotatable bonds is 7. The lowest BCUT2D eigenvalue weighted by Gasteiger charge is -2.08. The number of carbonyl (C=O) groups is 1. The number of H-pyrrole nitrogens is 1. The monoisotopic (exact) mass is 496 g/mol. The smallest absolute Gasteiger partial charge is 0.228 e. The molecular formula is C28H21ClN4OS. The van der Waals surface area contributed by atoms with Gasteiger partial charge in [-0.15, -0.1) is 0 Å². The summed E-state index contributed by atoms with van der Waals surface area (Å²) in [5.74, 6) is -0.0698. The van der Waals surface area contributed by atoms with Crippen molar-refractivity contribution in [3.8, 4) is 0 Å². The third kappa shape index (κ3) is 5.98. The number of hydrogen-bond acceptors (Lipinski definition) is 4. The van der Waals surface area contributed by atoms with Crippen molar-refractivity contribution in [2.24, 2.45) is 0 Å². The number of aromatic amines is 1. The number of pyridine rings is 1. The molecule has 3 aromatic carbocycles. The minimum absolute atomic E-state index is 0.0698. The van der Waals surface area contributed by atoms with Crippen LogP contribution in [-0.4, -0.2) is 21.1 Å². The Morgan fingerprint density at radius 1 is 0.943 bits per heavy atom. The highest BCUT2D eigenvalue weighted by atomic mass is 35.5. The molecule has 2 N–H and O–H groups in total. The van der Waals surface area contributed by atoms with Gasteiger partial charge in [-0.3, -0.25) is 14.9 Å². The highest BCUT2D eigenvalue weighted by Crippen LogP contribution is 2.32. The van der Waals surface area contributed by atoms with E-state index in [0.717, 1.165) is 43.3 Å². The van der Waals surface area contributed by atoms with E-state index in [1.54, 1.807) is 30.1 Å². The van der Waals surface area contributed by atoms with Gasteiger partial charge in [-0.2, -0.15) is 5.10 Å². The van der Waals surface area contributed by atoms with Crippen molar-refractivity contribution < 1.29 is 4.79 Å². The Balaban J connectivity index is 1.26. The number of nitrogens with one attached hydrogen (secondary N) is 2. The third-order valence-corrected chi connectivity index (χ3v) is 6.53. The predicted octanol–water partition coefficient (Wildman–Crippen LogP) is 7.11. The lowest BCUT2D eigenvalue weighted by Crippen LogP contribution is -2.14. The summed E-state index contributed by atoms with van der Waals surface area (Å²) in [6.07, 6.45) is 5.98. The average Bonchev–Trinajstić information content (AvgIpc) is 3.27. The largest absolute Gasteiger partial charge is 0.326 e. The molecule has 0 saturated carbocycles. The third-order valence-electron chi connectivity index (χ3n) is 5.29. The van der Waals surface area contributed by atoms with Crippen LogP contribution in [0.5, 0.6) is 0 Å². The van der Waals surface area contributed by atoms with Crippen LogP contribution in [0.1, 0.15) is 17.0 Å². The molecule has 0 bridgehead atoms. The molecule has 0 aliphatic rings. The number of hydrogen-bond donors (Lipinski definition) is 2. The molecule has 0 fully saturated rings. The zero-order valence-corrected chi connectivity index (χ0v) is 20.2. The van der Waals surface area contributed by atoms with Gasteiger partial charge in [0.2, 0.25) is 5.91 Å². The van der Waals surface area contributed by atoms with Crippen LogP contribution in [0.2, 0.25) is 5.02 Å². The van der Waals surface area contributed by atoms with E-state index < -0.39 is 0 Å². The first kappa shape index (κ1) is 22.9. The fourth-order valence-corrected chi connectivity index (χ4v) is 4.66. The van der Waals surface area contributed by atoms with Crippen LogP contribution >= 0.6 is 23.4 Å². The molecule has 172 valence electrons. The second-order valence-corrected chi connectivity index (χ2v) is 9.47. The topological polar surface area (TPSA) is 70.7 Å². The van der Waals surface area contributed by atoms with Crippen LogP contribution in [0.25, 0.3) is 23.1 Å². The van der Waals surface area contributed by atoms with Gasteiger partial charge in [0.25, 0.3) is 0 Å². The van der Waals surface area contributed by atoms with Crippen LogP contribution in [0, 0.1) is 0 Å². The highest BCUT2D eigenvalue weighted by Gasteiger charge is 2.08. The van der Waals surface area contributed by atoms with Crippen LogP contribution in [-0.2, 0) is 11.2 Å². The lowest BCUT2D eigenvalue weighted by molar-refractivity contribution is -0.115. The molecule has 7 heteroatoms. The van der Waals surface area contributed by atoms with Gasteiger partial charge < -0.3 is 5.32 Å². The molecule has 2 heterocycles. The highest BCUT2D eigenvalue weighted by molar-refractivity contribution is 7.99. The number of anilines is 1. The fourth-order valence-electron chi connectivity index (χ4n) is 3.62. The molecule has 0 atom stereocenters. The van der Waals surface area contributed by atoms with Crippen molar-refractivity contribution in [1.82, 2.24) is 15.2 Å². The molecule has 35 heavy (non-hydrogen) atoms. The first-order valence-corrected chi connectivity index (χ1v) is 12.2. The Labute approximate surface area is 212 Å². The molecule has 0 aliphatic heterocycles. The zero-order valence-electron chi connectivity index (χ0n) is 18.6. The maximum atomic E-state index is 12.5. The van der Waals surface area contributed by atoms with Crippen LogP contribution in [0.3, 0.4) is 0 Å². The van der Waals surface area contributed by atoms with Gasteiger partial charge in [-0.25, -0.2) is 0 Å². The van der Waals surface area contributed by atoms with E-state index >= 15 is 0 Å². The number of benzene rings is 3. The van der Waals surface area contributed by atoms with Gasteiger partial charge in [-0.1, -0.05) is 47.6 Å². The van der Waals surface area contributed by atoms with Gasteiger partial charge in [0.15, 0.2) is 0 Å². The van der Waals surface area contributed by atoms with Crippen molar-refractivity contribution in [2.45, 2.75) is 16.2 Å². The quantitative estimate of drug-likeness (QED) is 0.252. The zero-order chi connectivity index (χ0) is 24.0. The molecule has 5 aromatic rings. The molecule has 2 aromatic heterocycles. The minimum Gasteiger partial charge on any atom is -0.326 e. The van der Waals surface area contributed by atoms with Gasteiger partial charge in [-0.05, 0) is 78.4 Å². The van der Waals surface area contributed by atoms with Crippen molar-refractivity contribution in [3.63, 3.8) is 0 Å². The molecule has 5 nitrogen and oxygen atoms in total. The van der Waals surface area contributed by atoms with Crippen molar-refractivity contribution in [3.05, 3.63) is 113 Å². The van der Waals surface area contributed by atoms with Gasteiger partial charge >= 0.3 is 0 Å². The number of halogens is 1. The summed E-state index contributed by atoms with van der Waals surface area (Å²) in [5.41, 5.74) is 4.39. The van der Waals surface area contributed by atoms with Crippen LogP contribution < -0.4 is 5.32 Å². The summed E-state index contributed by atoms with van der Waals surface area (Å²) in [7, 11) is 0. The Morgan fingerprint density at radius 2 is 1.80 bits per heavy atom. The van der Waals surface area contributed by atoms with E-state index in [-0.39, 0.29) is 5.91 Å². The molecule has 1 amide bonds. The Bertz CT molecular complexity index is 1500. The summed E-state index contributed by atoms with van der Waals surface area (Å²) < 4.78 is 0. The summed E-state index contributed by atoms with van der Waals surface area (Å²) in [6, 6.07) is 27.2. The second kappa shape index (κ2) is 10.6. The minimum atomic E-state index is -0.0698. The predicted molar refractivity (Wildman–Crippen MR) is 144 cm³/mol. The summed E-state index contributed by atoms with van der Waals surface area (Å²) in [6.45, 7) is 0. The molecular weight excluding hydrogens is 476 g/mol.